The van der Waals surface area contributed by atoms with Gasteiger partial charge in [-0.1, -0.05) is 48.5 Å². The SMILES string of the molecule is O=C(O)CCNC(=O)[C@@H]1CC[C@H](NC(=O)OCC2c3ccccc3-c3ccccc32)C1. The van der Waals surface area contributed by atoms with Crippen LogP contribution in [-0.4, -0.2) is 42.3 Å². The van der Waals surface area contributed by atoms with E-state index in [4.69, 9.17) is 9.84 Å². The molecule has 3 N–H and O–H groups in total. The van der Waals surface area contributed by atoms with Gasteiger partial charge >= 0.3 is 12.1 Å². The average Bonchev–Trinajstić information content (AvgIpc) is 3.35. The third-order valence-electron chi connectivity index (χ3n) is 6.11. The zero-order valence-corrected chi connectivity index (χ0v) is 17.2. The molecule has 0 radical (unpaired) electrons. The van der Waals surface area contributed by atoms with Crippen molar-refractivity contribution in [3.8, 4) is 11.1 Å². The van der Waals surface area contributed by atoms with Gasteiger partial charge in [0.25, 0.3) is 0 Å². The Balaban J connectivity index is 1.28. The van der Waals surface area contributed by atoms with Gasteiger partial charge in [-0.2, -0.15) is 0 Å². The molecule has 2 aromatic rings. The van der Waals surface area contributed by atoms with Crippen molar-refractivity contribution < 1.29 is 24.2 Å². The van der Waals surface area contributed by atoms with E-state index in [1.807, 2.05) is 24.3 Å². The second kappa shape index (κ2) is 9.20. The highest BCUT2D eigenvalue weighted by molar-refractivity contribution is 5.80. The lowest BCUT2D eigenvalue weighted by Crippen LogP contribution is -2.36. The molecule has 1 fully saturated rings. The normalized spacial score (nSPS) is 19.4. The summed E-state index contributed by atoms with van der Waals surface area (Å²) in [6.45, 7) is 0.376. The molecule has 0 saturated heterocycles. The molecule has 0 aliphatic heterocycles. The molecule has 2 amide bonds. The summed E-state index contributed by atoms with van der Waals surface area (Å²) in [6, 6.07) is 16.2. The zero-order valence-electron chi connectivity index (χ0n) is 17.2. The number of carboxylic acids is 1. The zero-order chi connectivity index (χ0) is 21.8. The molecule has 0 aromatic heterocycles. The number of nitrogens with one attached hydrogen (secondary N) is 2. The van der Waals surface area contributed by atoms with Gasteiger partial charge in [-0.05, 0) is 41.5 Å². The number of ether oxygens (including phenoxy) is 1. The van der Waals surface area contributed by atoms with Crippen molar-refractivity contribution in [3.05, 3.63) is 59.7 Å². The smallest absolute Gasteiger partial charge is 0.407 e. The second-order valence-electron chi connectivity index (χ2n) is 8.11. The maximum absolute atomic E-state index is 12.4. The van der Waals surface area contributed by atoms with E-state index in [-0.39, 0.29) is 43.4 Å². The van der Waals surface area contributed by atoms with Gasteiger partial charge in [-0.25, -0.2) is 4.79 Å². The summed E-state index contributed by atoms with van der Waals surface area (Å²) in [7, 11) is 0. The summed E-state index contributed by atoms with van der Waals surface area (Å²) in [5.41, 5.74) is 4.69. The third kappa shape index (κ3) is 4.71. The number of carboxylic acid groups (broad SMARTS) is 1. The predicted molar refractivity (Wildman–Crippen MR) is 115 cm³/mol. The standard InChI is InChI=1S/C24H26N2O5/c27-22(28)11-12-25-23(29)15-9-10-16(13-15)26-24(30)31-14-21-19-7-3-1-5-17(19)18-6-2-4-8-20(18)21/h1-8,15-16,21H,9-14H2,(H,25,29)(H,26,30)(H,27,28)/t15-,16+/m1/s1. The Morgan fingerprint density at radius 3 is 2.26 bits per heavy atom. The van der Waals surface area contributed by atoms with E-state index in [9.17, 15) is 14.4 Å². The van der Waals surface area contributed by atoms with Gasteiger partial charge in [0, 0.05) is 24.4 Å². The van der Waals surface area contributed by atoms with E-state index in [1.54, 1.807) is 0 Å². The van der Waals surface area contributed by atoms with Gasteiger partial charge in [0.15, 0.2) is 0 Å². The van der Waals surface area contributed by atoms with E-state index in [0.29, 0.717) is 19.3 Å². The van der Waals surface area contributed by atoms with Crippen molar-refractivity contribution in [1.82, 2.24) is 10.6 Å². The van der Waals surface area contributed by atoms with Crippen molar-refractivity contribution in [3.63, 3.8) is 0 Å². The fourth-order valence-corrected chi connectivity index (χ4v) is 4.59. The highest BCUT2D eigenvalue weighted by Crippen LogP contribution is 2.44. The van der Waals surface area contributed by atoms with Crippen LogP contribution in [0.25, 0.3) is 11.1 Å². The van der Waals surface area contributed by atoms with Gasteiger partial charge in [0.2, 0.25) is 5.91 Å². The number of carbonyl (C=O) groups excluding carboxylic acids is 2. The van der Waals surface area contributed by atoms with E-state index in [1.165, 1.54) is 11.1 Å². The first-order valence-corrected chi connectivity index (χ1v) is 10.6. The van der Waals surface area contributed by atoms with E-state index >= 15 is 0 Å². The van der Waals surface area contributed by atoms with Crippen molar-refractivity contribution >= 4 is 18.0 Å². The molecule has 2 aliphatic rings. The first-order chi connectivity index (χ1) is 15.0. The minimum atomic E-state index is -0.943. The first kappa shape index (κ1) is 20.9. The lowest BCUT2D eigenvalue weighted by atomic mass is 9.98. The topological polar surface area (TPSA) is 105 Å². The van der Waals surface area contributed by atoms with Crippen LogP contribution in [0, 0.1) is 5.92 Å². The molecule has 0 unspecified atom stereocenters. The first-order valence-electron chi connectivity index (χ1n) is 10.6. The summed E-state index contributed by atoms with van der Waals surface area (Å²) < 4.78 is 5.57. The van der Waals surface area contributed by atoms with Crippen LogP contribution in [0.3, 0.4) is 0 Å². The molecule has 2 aliphatic carbocycles. The molecule has 0 bridgehead atoms. The van der Waals surface area contributed by atoms with Crippen LogP contribution >= 0.6 is 0 Å². The summed E-state index contributed by atoms with van der Waals surface area (Å²) >= 11 is 0. The van der Waals surface area contributed by atoms with Crippen molar-refractivity contribution in [1.29, 1.82) is 0 Å². The van der Waals surface area contributed by atoms with Gasteiger partial charge in [-0.15, -0.1) is 0 Å². The number of benzene rings is 2. The number of aliphatic carboxylic acids is 1. The van der Waals surface area contributed by atoms with Gasteiger partial charge in [-0.3, -0.25) is 9.59 Å². The molecule has 2 aromatic carbocycles. The highest BCUT2D eigenvalue weighted by Gasteiger charge is 2.32. The Bertz CT molecular complexity index is 944. The van der Waals surface area contributed by atoms with Crippen LogP contribution in [0.2, 0.25) is 0 Å². The number of alkyl carbamates (subject to hydrolysis) is 1. The van der Waals surface area contributed by atoms with Crippen molar-refractivity contribution in [2.45, 2.75) is 37.6 Å². The van der Waals surface area contributed by atoms with Gasteiger partial charge < -0.3 is 20.5 Å². The molecule has 2 atom stereocenters. The number of hydrogen-bond acceptors (Lipinski definition) is 4. The monoisotopic (exact) mass is 422 g/mol. The Morgan fingerprint density at radius 2 is 1.61 bits per heavy atom. The second-order valence-corrected chi connectivity index (χ2v) is 8.11. The van der Waals surface area contributed by atoms with Gasteiger partial charge in [0.1, 0.15) is 6.61 Å². The number of hydrogen-bond donors (Lipinski definition) is 3. The number of rotatable bonds is 7. The minimum Gasteiger partial charge on any atom is -0.481 e. The molecule has 4 rings (SSSR count). The molecule has 1 saturated carbocycles. The highest BCUT2D eigenvalue weighted by atomic mass is 16.5. The Morgan fingerprint density at radius 1 is 0.968 bits per heavy atom. The Kier molecular flexibility index (Phi) is 6.21. The molecule has 7 heteroatoms. The molecular formula is C24H26N2O5. The Labute approximate surface area is 180 Å². The minimum absolute atomic E-state index is 0.00879. The number of amides is 2. The van der Waals surface area contributed by atoms with E-state index in [0.717, 1.165) is 11.1 Å². The summed E-state index contributed by atoms with van der Waals surface area (Å²) in [6.07, 6.45) is 1.32. The van der Waals surface area contributed by atoms with Crippen LogP contribution in [0.15, 0.2) is 48.5 Å². The molecule has 0 spiro atoms. The lowest BCUT2D eigenvalue weighted by molar-refractivity contribution is -0.137. The van der Waals surface area contributed by atoms with Gasteiger partial charge in [0.05, 0.1) is 6.42 Å². The van der Waals surface area contributed by atoms with Crippen molar-refractivity contribution in [2.24, 2.45) is 5.92 Å². The maximum Gasteiger partial charge on any atom is 0.407 e. The molecular weight excluding hydrogens is 396 g/mol. The largest absolute Gasteiger partial charge is 0.481 e. The summed E-state index contributed by atoms with van der Waals surface area (Å²) in [4.78, 5) is 35.1. The van der Waals surface area contributed by atoms with Crippen LogP contribution in [-0.2, 0) is 14.3 Å². The fraction of sp³-hybridized carbons (Fsp3) is 0.375. The maximum atomic E-state index is 12.4. The quantitative estimate of drug-likeness (QED) is 0.635. The van der Waals surface area contributed by atoms with Crippen molar-refractivity contribution in [2.75, 3.05) is 13.2 Å². The summed E-state index contributed by atoms with van der Waals surface area (Å²) in [5.74, 6) is -1.30. The average molecular weight is 422 g/mol. The van der Waals surface area contributed by atoms with Crippen LogP contribution in [0.5, 0.6) is 0 Å². The fourth-order valence-electron chi connectivity index (χ4n) is 4.59. The van der Waals surface area contributed by atoms with Crippen LogP contribution in [0.1, 0.15) is 42.7 Å². The lowest BCUT2D eigenvalue weighted by Gasteiger charge is -2.17. The summed E-state index contributed by atoms with van der Waals surface area (Å²) in [5, 5.41) is 14.2. The molecule has 31 heavy (non-hydrogen) atoms. The van der Waals surface area contributed by atoms with E-state index < -0.39 is 12.1 Å². The molecule has 7 nitrogen and oxygen atoms in total. The number of fused-ring (bicyclic) bond motifs is 3. The number of carbonyl (C=O) groups is 3. The third-order valence-corrected chi connectivity index (χ3v) is 6.11. The Hall–Kier alpha value is -3.35. The predicted octanol–water partition coefficient (Wildman–Crippen LogP) is 3.28. The molecule has 0 heterocycles. The van der Waals surface area contributed by atoms with Crippen LogP contribution in [0.4, 0.5) is 4.79 Å². The molecule has 162 valence electrons. The van der Waals surface area contributed by atoms with Crippen LogP contribution < -0.4 is 10.6 Å². The van der Waals surface area contributed by atoms with E-state index in [2.05, 4.69) is 34.9 Å².